The van der Waals surface area contributed by atoms with E-state index in [9.17, 15) is 0 Å². The minimum atomic E-state index is 0.886. The van der Waals surface area contributed by atoms with Crippen LogP contribution in [0, 0.1) is 41.4 Å². The number of rotatable bonds is 5. The maximum Gasteiger partial charge on any atom is 0.00810 e. The van der Waals surface area contributed by atoms with E-state index in [0.29, 0.717) is 0 Å². The molecule has 19 heavy (non-hydrogen) atoms. The lowest BCUT2D eigenvalue weighted by atomic mass is 9.67. The molecule has 0 spiro atoms. The largest absolute Gasteiger partial charge is 0.158 e. The van der Waals surface area contributed by atoms with Crippen LogP contribution in [0.2, 0.25) is 0 Å². The van der Waals surface area contributed by atoms with Crippen LogP contribution < -0.4 is 0 Å². The van der Waals surface area contributed by atoms with Gasteiger partial charge in [0, 0.05) is 5.25 Å². The van der Waals surface area contributed by atoms with E-state index >= 15 is 0 Å². The Morgan fingerprint density at radius 2 is 1.79 bits per heavy atom. The third-order valence-corrected chi connectivity index (χ3v) is 8.44. The Balaban J connectivity index is 1.45. The summed E-state index contributed by atoms with van der Waals surface area (Å²) in [5.41, 5.74) is 0. The number of fused-ring (bicyclic) bond motifs is 9. The lowest BCUT2D eigenvalue weighted by Crippen LogP contribution is -2.36. The van der Waals surface area contributed by atoms with Gasteiger partial charge in [0.25, 0.3) is 0 Å². The number of unbranched alkanes of at least 4 members (excludes halogenated alkanes) is 1. The Kier molecular flexibility index (Phi) is 3.25. The van der Waals surface area contributed by atoms with Gasteiger partial charge in [-0.1, -0.05) is 19.4 Å². The number of hydrogen-bond acceptors (Lipinski definition) is 1. The van der Waals surface area contributed by atoms with Crippen LogP contribution in [0.25, 0.3) is 0 Å². The summed E-state index contributed by atoms with van der Waals surface area (Å²) in [6.45, 7) is 6.42. The van der Waals surface area contributed by atoms with Gasteiger partial charge >= 0.3 is 0 Å². The van der Waals surface area contributed by atoms with Gasteiger partial charge in [-0.3, -0.25) is 0 Å². The monoisotopic (exact) mass is 276 g/mol. The molecule has 0 heterocycles. The first-order chi connectivity index (χ1) is 9.33. The van der Waals surface area contributed by atoms with Crippen LogP contribution in [0.4, 0.5) is 0 Å². The zero-order valence-corrected chi connectivity index (χ0v) is 13.1. The van der Waals surface area contributed by atoms with E-state index in [1.54, 1.807) is 19.3 Å². The predicted molar refractivity (Wildman–Crippen MR) is 84.2 cm³/mol. The summed E-state index contributed by atoms with van der Waals surface area (Å²) in [5.74, 6) is 8.91. The molecular formula is C18H28S. The molecule has 0 nitrogen and oxygen atoms in total. The number of allylic oxidation sites excluding steroid dienone is 1. The van der Waals surface area contributed by atoms with Crippen molar-refractivity contribution < 1.29 is 0 Å². The molecule has 8 atom stereocenters. The molecule has 2 unspecified atom stereocenters. The van der Waals surface area contributed by atoms with Crippen molar-refractivity contribution in [2.75, 3.05) is 5.75 Å². The standard InChI is InChI=1S/C18H28S/c1-3-5-6-19-16-10-13-9-15(16)18-12-7-11(4-2)14(8-12)17(13)18/h4,11-18H,2-3,5-10H2,1H3/t11-,12-,13-,14-,15+,16-,17?,18?/m1/s1. The van der Waals surface area contributed by atoms with E-state index in [1.807, 2.05) is 0 Å². The molecular weight excluding hydrogens is 248 g/mol. The van der Waals surface area contributed by atoms with Gasteiger partial charge in [-0.15, -0.1) is 6.58 Å². The summed E-state index contributed by atoms with van der Waals surface area (Å²) in [5, 5.41) is 1.04. The van der Waals surface area contributed by atoms with E-state index < -0.39 is 0 Å². The van der Waals surface area contributed by atoms with E-state index in [2.05, 4.69) is 31.3 Å². The number of thioether (sulfide) groups is 1. The van der Waals surface area contributed by atoms with Crippen molar-refractivity contribution in [2.45, 2.75) is 50.7 Å². The summed E-state index contributed by atoms with van der Waals surface area (Å²) in [6, 6.07) is 0. The molecule has 4 rings (SSSR count). The Labute approximate surface area is 122 Å². The average molecular weight is 276 g/mol. The van der Waals surface area contributed by atoms with Crippen LogP contribution in [-0.4, -0.2) is 11.0 Å². The third kappa shape index (κ3) is 1.79. The van der Waals surface area contributed by atoms with Crippen LogP contribution in [0.3, 0.4) is 0 Å². The van der Waals surface area contributed by atoms with Crippen molar-refractivity contribution in [3.63, 3.8) is 0 Å². The summed E-state index contributed by atoms with van der Waals surface area (Å²) in [7, 11) is 0. The van der Waals surface area contributed by atoms with Gasteiger partial charge in [0.2, 0.25) is 0 Å². The lowest BCUT2D eigenvalue weighted by molar-refractivity contribution is 0.125. The molecule has 4 aliphatic rings. The molecule has 0 amide bonds. The van der Waals surface area contributed by atoms with Crippen LogP contribution >= 0.6 is 11.8 Å². The predicted octanol–water partition coefficient (Wildman–Crippen LogP) is 5.00. The molecule has 1 heteroatoms. The van der Waals surface area contributed by atoms with Crippen molar-refractivity contribution >= 4 is 11.8 Å². The third-order valence-electron chi connectivity index (χ3n) is 6.94. The molecule has 0 aliphatic heterocycles. The molecule has 0 N–H and O–H groups in total. The molecule has 0 saturated heterocycles. The summed E-state index contributed by atoms with van der Waals surface area (Å²) in [4.78, 5) is 0. The highest BCUT2D eigenvalue weighted by atomic mass is 32.2. The zero-order valence-electron chi connectivity index (χ0n) is 12.3. The molecule has 4 bridgehead atoms. The molecule has 0 aromatic rings. The van der Waals surface area contributed by atoms with Crippen molar-refractivity contribution in [2.24, 2.45) is 41.4 Å². The van der Waals surface area contributed by atoms with Gasteiger partial charge in [-0.05, 0) is 79.3 Å². The summed E-state index contributed by atoms with van der Waals surface area (Å²) in [6.07, 6.45) is 11.3. The first-order valence-corrected chi connectivity index (χ1v) is 9.62. The van der Waals surface area contributed by atoms with E-state index in [-0.39, 0.29) is 0 Å². The van der Waals surface area contributed by atoms with Crippen molar-refractivity contribution in [1.29, 1.82) is 0 Å². The molecule has 4 saturated carbocycles. The number of hydrogen-bond donors (Lipinski definition) is 0. The fourth-order valence-corrected chi connectivity index (χ4v) is 8.11. The van der Waals surface area contributed by atoms with Crippen LogP contribution in [-0.2, 0) is 0 Å². The first-order valence-electron chi connectivity index (χ1n) is 8.57. The van der Waals surface area contributed by atoms with Gasteiger partial charge in [0.05, 0.1) is 0 Å². The summed E-state index contributed by atoms with van der Waals surface area (Å²) < 4.78 is 0. The van der Waals surface area contributed by atoms with Crippen LogP contribution in [0.1, 0.15) is 45.4 Å². The van der Waals surface area contributed by atoms with Gasteiger partial charge in [0.15, 0.2) is 0 Å². The Morgan fingerprint density at radius 1 is 1.05 bits per heavy atom. The quantitative estimate of drug-likeness (QED) is 0.387. The summed E-state index contributed by atoms with van der Waals surface area (Å²) >= 11 is 2.33. The normalized spacial score (nSPS) is 53.7. The van der Waals surface area contributed by atoms with Gasteiger partial charge in [-0.2, -0.15) is 11.8 Å². The Hall–Kier alpha value is 0.0900. The average Bonchev–Trinajstić information content (AvgIpc) is 3.15. The zero-order chi connectivity index (χ0) is 13.0. The highest BCUT2D eigenvalue weighted by molar-refractivity contribution is 7.99. The molecule has 106 valence electrons. The second-order valence-electron chi connectivity index (χ2n) is 7.61. The van der Waals surface area contributed by atoms with Crippen molar-refractivity contribution in [1.82, 2.24) is 0 Å². The van der Waals surface area contributed by atoms with E-state index in [1.165, 1.54) is 25.0 Å². The van der Waals surface area contributed by atoms with Gasteiger partial charge in [0.1, 0.15) is 0 Å². The fourth-order valence-electron chi connectivity index (χ4n) is 6.43. The minimum Gasteiger partial charge on any atom is -0.158 e. The van der Waals surface area contributed by atoms with Crippen LogP contribution in [0.5, 0.6) is 0 Å². The maximum atomic E-state index is 4.10. The minimum absolute atomic E-state index is 0.886. The SMILES string of the molecule is C=C[C@@H]1C[C@@H]2C[C@H]1C1C2[C@H]2C[C@@H]1C[C@H]2SCCCC. The molecule has 4 fully saturated rings. The second kappa shape index (κ2) is 4.83. The highest BCUT2D eigenvalue weighted by Gasteiger charge is 2.63. The van der Waals surface area contributed by atoms with Crippen molar-refractivity contribution in [3.05, 3.63) is 12.7 Å². The van der Waals surface area contributed by atoms with Crippen molar-refractivity contribution in [3.8, 4) is 0 Å². The second-order valence-corrected chi connectivity index (χ2v) is 8.95. The van der Waals surface area contributed by atoms with Gasteiger partial charge in [-0.25, -0.2) is 0 Å². The lowest BCUT2D eigenvalue weighted by Gasteiger charge is -2.40. The Morgan fingerprint density at radius 3 is 2.58 bits per heavy atom. The topological polar surface area (TPSA) is 0 Å². The van der Waals surface area contributed by atoms with Gasteiger partial charge < -0.3 is 0 Å². The van der Waals surface area contributed by atoms with Crippen LogP contribution in [0.15, 0.2) is 12.7 Å². The maximum absolute atomic E-state index is 4.10. The van der Waals surface area contributed by atoms with E-state index in [0.717, 1.165) is 46.7 Å². The Bertz CT molecular complexity index is 363. The first kappa shape index (κ1) is 12.8. The molecule has 0 aromatic heterocycles. The smallest absolute Gasteiger partial charge is 0.00810 e. The van der Waals surface area contributed by atoms with E-state index in [4.69, 9.17) is 0 Å². The fraction of sp³-hybridized carbons (Fsp3) is 0.889. The molecule has 0 aromatic carbocycles. The molecule has 4 aliphatic carbocycles. The molecule has 0 radical (unpaired) electrons. The highest BCUT2D eigenvalue weighted by Crippen LogP contribution is 2.70.